The fourth-order valence-electron chi connectivity index (χ4n) is 8.78. The van der Waals surface area contributed by atoms with Crippen molar-refractivity contribution in [3.63, 3.8) is 0 Å². The lowest BCUT2D eigenvalue weighted by Gasteiger charge is -2.50. The molecule has 0 unspecified atom stereocenters. The number of allylic oxidation sites excluding steroid dienone is 2. The summed E-state index contributed by atoms with van der Waals surface area (Å²) in [5, 5.41) is 11.4. The van der Waals surface area contributed by atoms with E-state index in [0.717, 1.165) is 28.2 Å². The van der Waals surface area contributed by atoms with Crippen LogP contribution in [0.25, 0.3) is 12.2 Å². The van der Waals surface area contributed by atoms with Crippen molar-refractivity contribution < 1.29 is 42.9 Å². The SMILES string of the molecule is COc1ccc([C@H]2C3=CC[C@@H]4C(=O)N(c5ccc(C=Cc6cc(OC)ccc6OC)cc5)C(=O)[C@@H]4[C@@H]3C[C@@]3(Cl)C(=O)N(c4ccc(F)cc4)C(=O)[C@@]23Cl)c(O)c1. The van der Waals surface area contributed by atoms with Crippen molar-refractivity contribution >= 4 is 70.4 Å². The van der Waals surface area contributed by atoms with E-state index in [1.807, 2.05) is 18.2 Å². The number of methoxy groups -OCH3 is 3. The third-order valence-corrected chi connectivity index (χ3v) is 12.9. The highest BCUT2D eigenvalue weighted by molar-refractivity contribution is 6.58. The van der Waals surface area contributed by atoms with Gasteiger partial charge in [-0.3, -0.25) is 24.1 Å². The summed E-state index contributed by atoms with van der Waals surface area (Å²) in [6.45, 7) is 0. The lowest BCUT2D eigenvalue weighted by Crippen LogP contribution is -2.60. The predicted octanol–water partition coefficient (Wildman–Crippen LogP) is 7.50. The second-order valence-corrected chi connectivity index (χ2v) is 15.5. The number of phenols is 1. The fourth-order valence-corrected chi connectivity index (χ4v) is 9.71. The van der Waals surface area contributed by atoms with Gasteiger partial charge in [0, 0.05) is 23.1 Å². The smallest absolute Gasteiger partial charge is 0.258 e. The number of imide groups is 2. The number of anilines is 2. The second-order valence-electron chi connectivity index (χ2n) is 14.2. The van der Waals surface area contributed by atoms with Crippen LogP contribution in [0.2, 0.25) is 0 Å². The van der Waals surface area contributed by atoms with E-state index in [1.165, 1.54) is 30.2 Å². The Morgan fingerprint density at radius 2 is 1.39 bits per heavy atom. The number of benzene rings is 4. The summed E-state index contributed by atoms with van der Waals surface area (Å²) in [4.78, 5) is 55.4. The molecule has 4 aromatic rings. The van der Waals surface area contributed by atoms with E-state index < -0.39 is 62.9 Å². The number of aromatic hydroxyl groups is 1. The van der Waals surface area contributed by atoms with E-state index in [0.29, 0.717) is 28.5 Å². The molecule has 2 heterocycles. The Morgan fingerprint density at radius 1 is 0.750 bits per heavy atom. The van der Waals surface area contributed by atoms with Gasteiger partial charge in [0.15, 0.2) is 9.75 Å². The molecule has 0 aromatic heterocycles. The minimum absolute atomic E-state index is 0.0580. The number of fused-ring (bicyclic) bond motifs is 4. The monoisotopic (exact) mass is 796 g/mol. The van der Waals surface area contributed by atoms with Crippen LogP contribution in [-0.4, -0.2) is 59.8 Å². The average Bonchev–Trinajstić information content (AvgIpc) is 3.55. The van der Waals surface area contributed by atoms with Crippen LogP contribution in [0.3, 0.4) is 0 Å². The van der Waals surface area contributed by atoms with E-state index in [9.17, 15) is 28.7 Å². The third-order valence-electron chi connectivity index (χ3n) is 11.5. The predicted molar refractivity (Wildman–Crippen MR) is 209 cm³/mol. The van der Waals surface area contributed by atoms with Gasteiger partial charge in [-0.25, -0.2) is 9.29 Å². The van der Waals surface area contributed by atoms with Gasteiger partial charge in [0.05, 0.1) is 44.5 Å². The molecule has 0 bridgehead atoms. The Bertz CT molecular complexity index is 2370. The number of phenolic OH excluding ortho intramolecular Hbond substituents is 1. The molecule has 1 N–H and O–H groups in total. The molecule has 0 spiro atoms. The summed E-state index contributed by atoms with van der Waals surface area (Å²) < 4.78 is 30.1. The zero-order valence-corrected chi connectivity index (χ0v) is 31.9. The van der Waals surface area contributed by atoms with Gasteiger partial charge >= 0.3 is 0 Å². The molecule has 6 atom stereocenters. The highest BCUT2D eigenvalue weighted by Crippen LogP contribution is 2.66. The zero-order chi connectivity index (χ0) is 39.7. The van der Waals surface area contributed by atoms with Crippen LogP contribution < -0.4 is 24.0 Å². The first-order valence-corrected chi connectivity index (χ1v) is 18.6. The number of carbonyl (C=O) groups excluding carboxylic acids is 4. The molecule has 286 valence electrons. The molecule has 56 heavy (non-hydrogen) atoms. The maximum Gasteiger partial charge on any atom is 0.258 e. The average molecular weight is 798 g/mol. The van der Waals surface area contributed by atoms with Crippen molar-refractivity contribution in [1.82, 2.24) is 0 Å². The summed E-state index contributed by atoms with van der Waals surface area (Å²) in [6.07, 6.45) is 5.41. The first kappa shape index (κ1) is 37.3. The number of hydrogen-bond acceptors (Lipinski definition) is 8. The van der Waals surface area contributed by atoms with Gasteiger partial charge in [0.2, 0.25) is 11.8 Å². The van der Waals surface area contributed by atoms with Gasteiger partial charge in [-0.05, 0) is 85.0 Å². The van der Waals surface area contributed by atoms with Crippen LogP contribution >= 0.6 is 23.2 Å². The molecule has 1 saturated carbocycles. The third kappa shape index (κ3) is 5.50. The number of nitrogens with zero attached hydrogens (tertiary/aromatic N) is 2. The Labute approximate surface area is 331 Å². The molecule has 4 amide bonds. The van der Waals surface area contributed by atoms with Crippen LogP contribution in [0.4, 0.5) is 15.8 Å². The molecular formula is C43H35Cl2FN2O8. The first-order valence-electron chi connectivity index (χ1n) is 17.8. The van der Waals surface area contributed by atoms with Crippen LogP contribution in [0.5, 0.6) is 23.0 Å². The first-order chi connectivity index (χ1) is 26.9. The molecule has 2 aliphatic carbocycles. The Balaban J connectivity index is 1.16. The van der Waals surface area contributed by atoms with E-state index in [4.69, 9.17) is 37.4 Å². The number of halogens is 3. The van der Waals surface area contributed by atoms with Gasteiger partial charge in [-0.1, -0.05) is 42.0 Å². The van der Waals surface area contributed by atoms with Crippen molar-refractivity contribution in [1.29, 1.82) is 0 Å². The highest BCUT2D eigenvalue weighted by atomic mass is 35.5. The Kier molecular flexibility index (Phi) is 9.20. The van der Waals surface area contributed by atoms with Gasteiger partial charge in [0.1, 0.15) is 28.8 Å². The molecule has 2 saturated heterocycles. The quantitative estimate of drug-likeness (QED) is 0.0843. The summed E-state index contributed by atoms with van der Waals surface area (Å²) in [5.41, 5.74) is 2.72. The van der Waals surface area contributed by atoms with E-state index in [1.54, 1.807) is 68.8 Å². The molecule has 2 aliphatic heterocycles. The number of alkyl halides is 2. The lowest BCUT2D eigenvalue weighted by atomic mass is 9.56. The van der Waals surface area contributed by atoms with Crippen molar-refractivity contribution in [2.75, 3.05) is 31.1 Å². The van der Waals surface area contributed by atoms with Crippen LogP contribution in [0.15, 0.2) is 96.6 Å². The molecule has 8 rings (SSSR count). The summed E-state index contributed by atoms with van der Waals surface area (Å²) >= 11 is 14.8. The molecular weight excluding hydrogens is 762 g/mol. The molecule has 4 aliphatic rings. The van der Waals surface area contributed by atoms with Crippen molar-refractivity contribution in [2.24, 2.45) is 17.8 Å². The van der Waals surface area contributed by atoms with Crippen LogP contribution in [-0.2, 0) is 19.2 Å². The molecule has 3 fully saturated rings. The summed E-state index contributed by atoms with van der Waals surface area (Å²) in [7, 11) is 4.59. The largest absolute Gasteiger partial charge is 0.508 e. The summed E-state index contributed by atoms with van der Waals surface area (Å²) in [5.74, 6) is -5.57. The van der Waals surface area contributed by atoms with Crippen LogP contribution in [0.1, 0.15) is 35.4 Å². The summed E-state index contributed by atoms with van der Waals surface area (Å²) in [6, 6.07) is 21.7. The normalized spacial score (nSPS) is 26.9. The number of rotatable bonds is 8. The number of carbonyl (C=O) groups is 4. The maximum atomic E-state index is 14.6. The van der Waals surface area contributed by atoms with Gasteiger partial charge < -0.3 is 19.3 Å². The van der Waals surface area contributed by atoms with Gasteiger partial charge in [0.25, 0.3) is 11.8 Å². The van der Waals surface area contributed by atoms with Gasteiger partial charge in [-0.2, -0.15) is 0 Å². The minimum atomic E-state index is -2.19. The maximum absolute atomic E-state index is 14.6. The number of hydrogen-bond donors (Lipinski definition) is 1. The van der Waals surface area contributed by atoms with Crippen molar-refractivity contribution in [3.05, 3.63) is 119 Å². The second kappa shape index (κ2) is 13.8. The lowest BCUT2D eigenvalue weighted by molar-refractivity contribution is -0.125. The molecule has 13 heteroatoms. The number of amides is 4. The van der Waals surface area contributed by atoms with E-state index in [2.05, 4.69) is 0 Å². The minimum Gasteiger partial charge on any atom is -0.508 e. The zero-order valence-electron chi connectivity index (χ0n) is 30.4. The fraction of sp³-hybridized carbons (Fsp3) is 0.256. The van der Waals surface area contributed by atoms with Gasteiger partial charge in [-0.15, -0.1) is 23.2 Å². The Morgan fingerprint density at radius 3 is 2.05 bits per heavy atom. The highest BCUT2D eigenvalue weighted by Gasteiger charge is 2.77. The van der Waals surface area contributed by atoms with Crippen LogP contribution in [0, 0.1) is 23.6 Å². The molecule has 0 radical (unpaired) electrons. The van der Waals surface area contributed by atoms with E-state index >= 15 is 0 Å². The molecule has 4 aromatic carbocycles. The van der Waals surface area contributed by atoms with Crippen molar-refractivity contribution in [3.8, 4) is 23.0 Å². The number of ether oxygens (including phenoxy) is 3. The Hall–Kier alpha value is -5.65. The van der Waals surface area contributed by atoms with E-state index in [-0.39, 0.29) is 29.8 Å². The topological polar surface area (TPSA) is 123 Å². The standard InChI is InChI=1S/C43H35Cl2FN2O8/c1-54-28-15-19-35(56-3)24(20-28)7-4-23-5-10-26(11-6-23)47-38(50)32-18-17-30-33(36(32)39(47)51)22-42(44)40(52)48(27-12-8-25(46)9-13-27)41(53)43(42,45)37(30)31-16-14-29(55-2)21-34(31)49/h4-17,19-21,32-33,36-37,49H,18,22H2,1-3H3/t32-,33+,36-,37+,42+,43-/m0/s1. The van der Waals surface area contributed by atoms with Crippen molar-refractivity contribution in [2.45, 2.75) is 28.5 Å². The molecule has 10 nitrogen and oxygen atoms in total.